The average molecular weight is 339 g/mol. The largest absolute Gasteiger partial charge is 0.338 e. The van der Waals surface area contributed by atoms with Gasteiger partial charge in [0.1, 0.15) is 0 Å². The summed E-state index contributed by atoms with van der Waals surface area (Å²) in [6.45, 7) is 1.42. The zero-order valence-corrected chi connectivity index (χ0v) is 14.2. The smallest absolute Gasteiger partial charge is 0.223 e. The fourth-order valence-electron chi connectivity index (χ4n) is 3.77. The van der Waals surface area contributed by atoms with Crippen molar-refractivity contribution >= 4 is 15.7 Å². The average Bonchev–Trinajstić information content (AvgIpc) is 3.27. The monoisotopic (exact) mass is 339 g/mol. The van der Waals surface area contributed by atoms with Crippen LogP contribution in [-0.2, 0) is 21.2 Å². The van der Waals surface area contributed by atoms with Crippen molar-refractivity contribution in [3.05, 3.63) is 18.5 Å². The number of carbonyl (C=O) groups is 1. The van der Waals surface area contributed by atoms with Gasteiger partial charge in [0.15, 0.2) is 9.84 Å². The molecule has 0 N–H and O–H groups in total. The van der Waals surface area contributed by atoms with Crippen LogP contribution < -0.4 is 0 Å². The van der Waals surface area contributed by atoms with Crippen molar-refractivity contribution in [1.29, 1.82) is 0 Å². The molecule has 1 aromatic rings. The van der Waals surface area contributed by atoms with Crippen LogP contribution >= 0.6 is 0 Å². The SMILES string of the molecule is O=C(CCS(=O)(=O)C1CCCC1)N1CCCC1Cn1cccn1. The number of likely N-dealkylation sites (tertiary alicyclic amines) is 1. The lowest BCUT2D eigenvalue weighted by Crippen LogP contribution is -2.39. The van der Waals surface area contributed by atoms with Crippen LogP contribution in [-0.4, -0.2) is 52.6 Å². The number of hydrogen-bond donors (Lipinski definition) is 0. The number of sulfone groups is 1. The van der Waals surface area contributed by atoms with Crippen LogP contribution in [0.2, 0.25) is 0 Å². The molecule has 0 spiro atoms. The van der Waals surface area contributed by atoms with Gasteiger partial charge in [-0.25, -0.2) is 8.42 Å². The summed E-state index contributed by atoms with van der Waals surface area (Å²) in [5.74, 6) is -0.0252. The van der Waals surface area contributed by atoms with Crippen LogP contribution in [0.4, 0.5) is 0 Å². The van der Waals surface area contributed by atoms with E-state index in [1.165, 1.54) is 0 Å². The highest BCUT2D eigenvalue weighted by Crippen LogP contribution is 2.26. The molecule has 2 fully saturated rings. The molecular formula is C16H25N3O3S. The summed E-state index contributed by atoms with van der Waals surface area (Å²) < 4.78 is 26.4. The number of amides is 1. The highest BCUT2D eigenvalue weighted by molar-refractivity contribution is 7.92. The summed E-state index contributed by atoms with van der Waals surface area (Å²) in [6, 6.07) is 2.01. The molecule has 128 valence electrons. The normalized spacial score (nSPS) is 22.8. The van der Waals surface area contributed by atoms with Crippen LogP contribution in [0.1, 0.15) is 44.9 Å². The first-order valence-electron chi connectivity index (χ1n) is 8.55. The molecule has 1 unspecified atom stereocenters. The van der Waals surface area contributed by atoms with Gasteiger partial charge in [-0.1, -0.05) is 12.8 Å². The third kappa shape index (κ3) is 3.94. The maximum Gasteiger partial charge on any atom is 0.223 e. The predicted molar refractivity (Wildman–Crippen MR) is 87.6 cm³/mol. The molecule has 3 rings (SSSR count). The molecule has 1 saturated heterocycles. The van der Waals surface area contributed by atoms with Crippen LogP contribution in [0.25, 0.3) is 0 Å². The summed E-state index contributed by atoms with van der Waals surface area (Å²) in [5, 5.41) is 3.98. The Hall–Kier alpha value is -1.37. The minimum atomic E-state index is -3.12. The van der Waals surface area contributed by atoms with Crippen molar-refractivity contribution in [1.82, 2.24) is 14.7 Å². The van der Waals surface area contributed by atoms with Gasteiger partial charge in [-0.3, -0.25) is 9.48 Å². The Labute approximate surface area is 137 Å². The van der Waals surface area contributed by atoms with E-state index in [0.717, 1.165) is 45.1 Å². The first kappa shape index (κ1) is 16.5. The van der Waals surface area contributed by atoms with Crippen molar-refractivity contribution < 1.29 is 13.2 Å². The Balaban J connectivity index is 1.54. The van der Waals surface area contributed by atoms with E-state index >= 15 is 0 Å². The van der Waals surface area contributed by atoms with Gasteiger partial charge >= 0.3 is 0 Å². The lowest BCUT2D eigenvalue weighted by Gasteiger charge is -2.25. The van der Waals surface area contributed by atoms with Crippen molar-refractivity contribution in [3.63, 3.8) is 0 Å². The Morgan fingerprint density at radius 2 is 1.96 bits per heavy atom. The molecule has 0 aromatic carbocycles. The molecule has 1 atom stereocenters. The van der Waals surface area contributed by atoms with Gasteiger partial charge in [0, 0.05) is 25.4 Å². The van der Waals surface area contributed by atoms with Crippen LogP contribution in [0.15, 0.2) is 18.5 Å². The van der Waals surface area contributed by atoms with E-state index in [2.05, 4.69) is 5.10 Å². The van der Waals surface area contributed by atoms with Crippen LogP contribution in [0.5, 0.6) is 0 Å². The Kier molecular flexibility index (Phi) is 5.04. The lowest BCUT2D eigenvalue weighted by atomic mass is 10.2. The van der Waals surface area contributed by atoms with Crippen molar-refractivity contribution in [2.75, 3.05) is 12.3 Å². The topological polar surface area (TPSA) is 72.3 Å². The fourth-order valence-corrected chi connectivity index (χ4v) is 5.61. The number of hydrogen-bond acceptors (Lipinski definition) is 4. The second-order valence-corrected chi connectivity index (χ2v) is 9.04. The molecule has 1 aromatic heterocycles. The first-order chi connectivity index (χ1) is 11.1. The predicted octanol–water partition coefficient (Wildman–Crippen LogP) is 1.62. The molecule has 1 aliphatic heterocycles. The van der Waals surface area contributed by atoms with E-state index in [0.29, 0.717) is 6.54 Å². The molecule has 2 aliphatic rings. The number of nitrogens with zero attached hydrogens (tertiary/aromatic N) is 3. The van der Waals surface area contributed by atoms with E-state index in [9.17, 15) is 13.2 Å². The number of carbonyl (C=O) groups excluding carboxylic acids is 1. The van der Waals surface area contributed by atoms with Gasteiger partial charge < -0.3 is 4.90 Å². The molecule has 2 heterocycles. The molecule has 0 radical (unpaired) electrons. The summed E-state index contributed by atoms with van der Waals surface area (Å²) in [6.07, 6.45) is 9.21. The fraction of sp³-hybridized carbons (Fsp3) is 0.750. The molecule has 7 heteroatoms. The number of aromatic nitrogens is 2. The zero-order valence-electron chi connectivity index (χ0n) is 13.4. The molecule has 6 nitrogen and oxygen atoms in total. The molecule has 0 bridgehead atoms. The lowest BCUT2D eigenvalue weighted by molar-refractivity contribution is -0.131. The van der Waals surface area contributed by atoms with Gasteiger partial charge in [0.25, 0.3) is 0 Å². The molecule has 1 saturated carbocycles. The molecule has 1 aliphatic carbocycles. The summed E-state index contributed by atoms with van der Waals surface area (Å²) in [5.41, 5.74) is 0. The van der Waals surface area contributed by atoms with Gasteiger partial charge in [0.05, 0.1) is 23.6 Å². The maximum atomic E-state index is 12.5. The second kappa shape index (κ2) is 7.03. The van der Waals surface area contributed by atoms with Crippen molar-refractivity contribution in [2.45, 2.75) is 62.8 Å². The van der Waals surface area contributed by atoms with Crippen LogP contribution in [0, 0.1) is 0 Å². The highest BCUT2D eigenvalue weighted by atomic mass is 32.2. The third-order valence-electron chi connectivity index (χ3n) is 5.06. The Morgan fingerprint density at radius 1 is 1.17 bits per heavy atom. The summed E-state index contributed by atoms with van der Waals surface area (Å²) in [4.78, 5) is 14.3. The van der Waals surface area contributed by atoms with Crippen LogP contribution in [0.3, 0.4) is 0 Å². The molecule has 1 amide bonds. The number of rotatable bonds is 6. The minimum Gasteiger partial charge on any atom is -0.338 e. The quantitative estimate of drug-likeness (QED) is 0.789. The molecular weight excluding hydrogens is 314 g/mol. The van der Waals surface area contributed by atoms with E-state index in [1.807, 2.05) is 21.8 Å². The van der Waals surface area contributed by atoms with E-state index < -0.39 is 9.84 Å². The van der Waals surface area contributed by atoms with Gasteiger partial charge in [0.2, 0.25) is 5.91 Å². The van der Waals surface area contributed by atoms with E-state index in [1.54, 1.807) is 6.20 Å². The third-order valence-corrected chi connectivity index (χ3v) is 7.33. The molecule has 23 heavy (non-hydrogen) atoms. The first-order valence-corrected chi connectivity index (χ1v) is 10.3. The standard InChI is InChI=1S/C16H25N3O3S/c20-16(8-12-23(21,22)15-6-1-2-7-15)19-11-3-5-14(19)13-18-10-4-9-17-18/h4,9-10,14-15H,1-3,5-8,11-13H2. The maximum absolute atomic E-state index is 12.5. The van der Waals surface area contributed by atoms with E-state index in [-0.39, 0.29) is 29.4 Å². The zero-order chi connectivity index (χ0) is 16.3. The highest BCUT2D eigenvalue weighted by Gasteiger charge is 2.32. The van der Waals surface area contributed by atoms with Crippen molar-refractivity contribution in [3.8, 4) is 0 Å². The van der Waals surface area contributed by atoms with Gasteiger partial charge in [-0.2, -0.15) is 5.10 Å². The van der Waals surface area contributed by atoms with Crippen molar-refractivity contribution in [2.24, 2.45) is 0 Å². The van der Waals surface area contributed by atoms with Gasteiger partial charge in [-0.05, 0) is 31.7 Å². The Morgan fingerprint density at radius 3 is 2.65 bits per heavy atom. The van der Waals surface area contributed by atoms with E-state index in [4.69, 9.17) is 0 Å². The Bertz CT molecular complexity index is 621. The second-order valence-electron chi connectivity index (χ2n) is 6.63. The van der Waals surface area contributed by atoms with Gasteiger partial charge in [-0.15, -0.1) is 0 Å². The summed E-state index contributed by atoms with van der Waals surface area (Å²) >= 11 is 0. The minimum absolute atomic E-state index is 0.00148. The summed E-state index contributed by atoms with van der Waals surface area (Å²) in [7, 11) is -3.12.